The maximum atomic E-state index is 2.60. The fraction of sp³-hybridized carbons (Fsp3) is 0.571. The molecule has 0 bridgehead atoms. The van der Waals surface area contributed by atoms with Gasteiger partial charge in [-0.05, 0) is 0 Å². The van der Waals surface area contributed by atoms with Crippen molar-refractivity contribution in [1.29, 1.82) is 0 Å². The molecule has 0 aromatic rings. The van der Waals surface area contributed by atoms with E-state index in [0.717, 1.165) is 15.5 Å². The molecule has 0 amide bonds. The second-order valence-electron chi connectivity index (χ2n) is 7.27. The number of hydrogen-bond acceptors (Lipinski definition) is 0. The van der Waals surface area contributed by atoms with Crippen LogP contribution in [0.1, 0.15) is 58.3 Å². The second kappa shape index (κ2) is 6.68. The molecule has 0 aromatic carbocycles. The van der Waals surface area contributed by atoms with Gasteiger partial charge in [0.15, 0.2) is 0 Å². The van der Waals surface area contributed by atoms with Crippen molar-refractivity contribution >= 4 is 3.71 Å². The van der Waals surface area contributed by atoms with E-state index >= 15 is 0 Å². The van der Waals surface area contributed by atoms with Crippen LogP contribution < -0.4 is 0 Å². The zero-order valence-electron chi connectivity index (χ0n) is 13.8. The summed E-state index contributed by atoms with van der Waals surface area (Å²) in [5, 5.41) is 0. The summed E-state index contributed by atoms with van der Waals surface area (Å²) in [4.78, 5) is 0. The van der Waals surface area contributed by atoms with Crippen molar-refractivity contribution in [3.63, 3.8) is 0 Å². The quantitative estimate of drug-likeness (QED) is 0.589. The van der Waals surface area contributed by atoms with E-state index in [4.69, 9.17) is 0 Å². The molecule has 0 aromatic heterocycles. The Hall–Kier alpha value is -0.287. The molecule has 0 heterocycles. The zero-order chi connectivity index (χ0) is 14.9. The van der Waals surface area contributed by atoms with E-state index in [0.29, 0.717) is 0 Å². The van der Waals surface area contributed by atoms with Gasteiger partial charge in [-0.15, -0.1) is 0 Å². The van der Waals surface area contributed by atoms with Crippen LogP contribution in [-0.4, -0.2) is 3.71 Å². The first-order chi connectivity index (χ1) is 10.9. The van der Waals surface area contributed by atoms with Crippen molar-refractivity contribution in [3.05, 3.63) is 46.6 Å². The van der Waals surface area contributed by atoms with Crippen molar-refractivity contribution in [2.45, 2.75) is 61.9 Å². The molecule has 2 unspecified atom stereocenters. The van der Waals surface area contributed by atoms with Crippen LogP contribution in [0.25, 0.3) is 0 Å². The van der Waals surface area contributed by atoms with E-state index in [1.807, 2.05) is 11.1 Å². The number of allylic oxidation sites excluding steroid dienone is 8. The van der Waals surface area contributed by atoms with Gasteiger partial charge in [0, 0.05) is 0 Å². The van der Waals surface area contributed by atoms with E-state index in [2.05, 4.69) is 34.9 Å². The van der Waals surface area contributed by atoms with Crippen LogP contribution in [0.3, 0.4) is 0 Å². The van der Waals surface area contributed by atoms with Gasteiger partial charge in [-0.2, -0.15) is 0 Å². The van der Waals surface area contributed by atoms with E-state index in [-0.39, 0.29) is 0 Å². The van der Waals surface area contributed by atoms with Gasteiger partial charge in [0.1, 0.15) is 0 Å². The molecule has 0 N–H and O–H groups in total. The molecule has 0 fully saturated rings. The molecule has 0 spiro atoms. The van der Waals surface area contributed by atoms with Crippen molar-refractivity contribution < 1.29 is 22.8 Å². The Labute approximate surface area is 146 Å². The Bertz CT molecular complexity index is 551. The van der Waals surface area contributed by atoms with Crippen molar-refractivity contribution in [2.75, 3.05) is 0 Å². The normalized spacial score (nSPS) is 31.7. The standard InChI is InChI=1S/C19H23.C2H4.Zr/c1-3-7-18-14(5-1)9-11-16(18)13-17-12-10-15-6-2-4-8-19(15)17;1-2;/h9-13,16-17H,1-8H2;1H,2H3;. The zero-order valence-corrected chi connectivity index (χ0v) is 16.2. The van der Waals surface area contributed by atoms with Gasteiger partial charge in [-0.1, -0.05) is 0 Å². The van der Waals surface area contributed by atoms with Crippen LogP contribution in [-0.2, 0) is 22.8 Å². The predicted molar refractivity (Wildman–Crippen MR) is 91.7 cm³/mol. The molecule has 4 aliphatic rings. The van der Waals surface area contributed by atoms with E-state index in [9.17, 15) is 0 Å². The van der Waals surface area contributed by atoms with Gasteiger partial charge < -0.3 is 0 Å². The summed E-state index contributed by atoms with van der Waals surface area (Å²) < 4.78 is 3.52. The molecule has 2 atom stereocenters. The topological polar surface area (TPSA) is 0 Å². The molecule has 0 saturated heterocycles. The molecule has 22 heavy (non-hydrogen) atoms. The third-order valence-electron chi connectivity index (χ3n) is 6.06. The summed E-state index contributed by atoms with van der Waals surface area (Å²) in [5.41, 5.74) is 7.13. The van der Waals surface area contributed by atoms with E-state index < -0.39 is 22.8 Å². The van der Waals surface area contributed by atoms with Gasteiger partial charge in [0.2, 0.25) is 0 Å². The molecule has 0 nitrogen and oxygen atoms in total. The second-order valence-corrected chi connectivity index (χ2v) is 11.1. The molecular weight excluding hydrogens is 343 g/mol. The molecule has 0 aliphatic heterocycles. The summed E-state index contributed by atoms with van der Waals surface area (Å²) in [6, 6.07) is 0. The van der Waals surface area contributed by atoms with Crippen molar-refractivity contribution in [1.82, 2.24) is 0 Å². The monoisotopic (exact) mass is 369 g/mol. The Balaban J connectivity index is 1.65. The third-order valence-corrected chi connectivity index (χ3v) is 9.59. The summed E-state index contributed by atoms with van der Waals surface area (Å²) in [6.07, 6.45) is 21.3. The van der Waals surface area contributed by atoms with Crippen LogP contribution in [0, 0.1) is 11.8 Å². The molecule has 0 radical (unpaired) electrons. The Kier molecular flexibility index (Phi) is 4.63. The average Bonchev–Trinajstić information content (AvgIpc) is 3.17. The first-order valence-electron chi connectivity index (χ1n) is 9.22. The van der Waals surface area contributed by atoms with Gasteiger partial charge in [-0.25, -0.2) is 0 Å². The SMILES string of the molecule is C[CH]=[Zr][CH](C1C=CC2=C1CCCC2)C1C=CC2=C1CCCC2. The van der Waals surface area contributed by atoms with Crippen LogP contribution in [0.5, 0.6) is 0 Å². The first-order valence-corrected chi connectivity index (χ1v) is 12.1. The fourth-order valence-electron chi connectivity index (χ4n) is 5.01. The summed E-state index contributed by atoms with van der Waals surface area (Å²) in [5.74, 6) is 1.59. The van der Waals surface area contributed by atoms with Crippen LogP contribution in [0.2, 0.25) is 3.63 Å². The summed E-state index contributed by atoms with van der Waals surface area (Å²) in [6.45, 7) is 2.32. The van der Waals surface area contributed by atoms with Gasteiger partial charge in [0.25, 0.3) is 0 Å². The number of rotatable bonds is 3. The van der Waals surface area contributed by atoms with Crippen LogP contribution in [0.4, 0.5) is 0 Å². The maximum absolute atomic E-state index is 2.60. The molecular formula is C21H27Zr. The predicted octanol–water partition coefficient (Wildman–Crippen LogP) is 5.79. The van der Waals surface area contributed by atoms with E-state index in [1.54, 1.807) is 11.1 Å². The Morgan fingerprint density at radius 1 is 0.864 bits per heavy atom. The van der Waals surface area contributed by atoms with Crippen LogP contribution >= 0.6 is 0 Å². The average molecular weight is 371 g/mol. The minimum absolute atomic E-state index is 0.422. The van der Waals surface area contributed by atoms with E-state index in [1.165, 1.54) is 51.4 Å². The number of hydrogen-bond donors (Lipinski definition) is 0. The summed E-state index contributed by atoms with van der Waals surface area (Å²) in [7, 11) is 0. The molecule has 4 rings (SSSR count). The fourth-order valence-corrected chi connectivity index (χ4v) is 8.51. The van der Waals surface area contributed by atoms with Crippen molar-refractivity contribution in [3.8, 4) is 0 Å². The third kappa shape index (κ3) is 2.68. The van der Waals surface area contributed by atoms with Gasteiger partial charge >= 0.3 is 147 Å². The molecule has 0 saturated carbocycles. The van der Waals surface area contributed by atoms with Crippen molar-refractivity contribution in [2.24, 2.45) is 11.8 Å². The Morgan fingerprint density at radius 2 is 1.36 bits per heavy atom. The van der Waals surface area contributed by atoms with Gasteiger partial charge in [-0.3, -0.25) is 0 Å². The summed E-state index contributed by atoms with van der Waals surface area (Å²) >= 11 is -0.422. The molecule has 4 aliphatic carbocycles. The Morgan fingerprint density at radius 3 is 1.86 bits per heavy atom. The molecule has 1 heteroatoms. The van der Waals surface area contributed by atoms with Crippen LogP contribution in [0.15, 0.2) is 46.6 Å². The molecule has 115 valence electrons. The van der Waals surface area contributed by atoms with Gasteiger partial charge in [0.05, 0.1) is 0 Å². The first kappa shape index (κ1) is 15.3. The minimum atomic E-state index is -0.422.